The quantitative estimate of drug-likeness (QED) is 0.251. The van der Waals surface area contributed by atoms with E-state index < -0.39 is 42.3 Å². The van der Waals surface area contributed by atoms with Gasteiger partial charge in [-0.15, -0.1) is 0 Å². The second-order valence-corrected chi connectivity index (χ2v) is 29.9. The minimum Gasteiger partial charge on any atom is -0.437 e. The Balaban J connectivity index is 2.98. The van der Waals surface area contributed by atoms with Crippen LogP contribution in [0.1, 0.15) is 0 Å². The summed E-state index contributed by atoms with van der Waals surface area (Å²) in [4.78, 5) is 0. The standard InChI is InChI=1S/C17H42O7Si5/c1-12-18-15-29(11,23-27(8,9)21-25(2,3)4)24-28(10,22-26(5,6)7)16-19-13-17-14-20-17/h1,17H,12-16H2,2-11H3. The van der Waals surface area contributed by atoms with Crippen molar-refractivity contribution in [1.29, 1.82) is 0 Å². The molecule has 0 amide bonds. The van der Waals surface area contributed by atoms with Gasteiger partial charge in [0.2, 0.25) is 0 Å². The predicted molar refractivity (Wildman–Crippen MR) is 127 cm³/mol. The van der Waals surface area contributed by atoms with E-state index in [2.05, 4.69) is 58.9 Å². The molecule has 12 heteroatoms. The fourth-order valence-corrected chi connectivity index (χ4v) is 25.8. The van der Waals surface area contributed by atoms with Crippen molar-refractivity contribution in [1.82, 2.24) is 0 Å². The Bertz CT molecular complexity index is 507. The number of hydrogen-bond donors (Lipinski definition) is 0. The molecule has 29 heavy (non-hydrogen) atoms. The Hall–Kier alpha value is 0.804. The van der Waals surface area contributed by atoms with Crippen LogP contribution in [0.5, 0.6) is 0 Å². The topological polar surface area (TPSA) is 67.9 Å². The van der Waals surface area contributed by atoms with Crippen molar-refractivity contribution in [3.05, 3.63) is 6.92 Å². The maximum Gasteiger partial charge on any atom is 0.344 e. The zero-order chi connectivity index (χ0) is 22.6. The summed E-state index contributed by atoms with van der Waals surface area (Å²) in [5, 5.41) is 0. The number of rotatable bonds is 15. The first kappa shape index (κ1) is 27.8. The van der Waals surface area contributed by atoms with E-state index in [-0.39, 0.29) is 12.7 Å². The zero-order valence-corrected chi connectivity index (χ0v) is 25.0. The molecule has 0 aromatic rings. The van der Waals surface area contributed by atoms with Gasteiger partial charge in [-0.1, -0.05) is 0 Å². The summed E-state index contributed by atoms with van der Waals surface area (Å²) < 4.78 is 43.1. The summed E-state index contributed by atoms with van der Waals surface area (Å²) in [6, 6.07) is 0. The number of ether oxygens (including phenoxy) is 3. The molecule has 1 rings (SSSR count). The number of epoxide rings is 1. The van der Waals surface area contributed by atoms with Gasteiger partial charge in [-0.2, -0.15) is 0 Å². The molecule has 1 saturated heterocycles. The molecule has 1 aliphatic rings. The Labute approximate surface area is 183 Å². The van der Waals surface area contributed by atoms with Crippen LogP contribution < -0.4 is 0 Å². The molecule has 1 heterocycles. The molecule has 0 bridgehead atoms. The van der Waals surface area contributed by atoms with Crippen molar-refractivity contribution in [3.63, 3.8) is 0 Å². The van der Waals surface area contributed by atoms with E-state index in [4.69, 9.17) is 37.6 Å². The average Bonchev–Trinajstić information content (AvgIpc) is 3.23. The molecule has 3 unspecified atom stereocenters. The van der Waals surface area contributed by atoms with E-state index in [0.29, 0.717) is 19.1 Å². The minimum atomic E-state index is -2.80. The molecule has 0 aliphatic carbocycles. The van der Waals surface area contributed by atoms with E-state index in [1.54, 1.807) is 0 Å². The van der Waals surface area contributed by atoms with Gasteiger partial charge in [-0.25, -0.2) is 0 Å². The molecule has 172 valence electrons. The lowest BCUT2D eigenvalue weighted by Gasteiger charge is -2.43. The van der Waals surface area contributed by atoms with Gasteiger partial charge in [0.05, 0.1) is 25.7 Å². The first-order valence-corrected chi connectivity index (χ1v) is 24.9. The molecule has 2 radical (unpaired) electrons. The van der Waals surface area contributed by atoms with Crippen LogP contribution in [0.25, 0.3) is 0 Å². The van der Waals surface area contributed by atoms with Crippen LogP contribution in [0.2, 0.25) is 65.5 Å². The van der Waals surface area contributed by atoms with Crippen LogP contribution in [-0.2, 0) is 30.7 Å². The van der Waals surface area contributed by atoms with Crippen LogP contribution in [-0.4, -0.2) is 80.7 Å². The molecule has 7 nitrogen and oxygen atoms in total. The summed E-state index contributed by atoms with van der Waals surface area (Å²) in [6.07, 6.45) is 0.970. The van der Waals surface area contributed by atoms with Gasteiger partial charge in [0.1, 0.15) is 6.10 Å². The Morgan fingerprint density at radius 3 is 1.66 bits per heavy atom. The molecule has 0 aromatic heterocycles. The second kappa shape index (κ2) is 10.6. The second-order valence-electron chi connectivity index (χ2n) is 10.3. The molecular weight excluding hydrogens is 457 g/mol. The molecule has 0 aromatic carbocycles. The summed E-state index contributed by atoms with van der Waals surface area (Å²) in [6.45, 7) is 28.3. The van der Waals surface area contributed by atoms with Crippen molar-refractivity contribution in [3.8, 4) is 0 Å². The van der Waals surface area contributed by atoms with Gasteiger partial charge in [-0.3, -0.25) is 0 Å². The SMILES string of the molecule is [CH]COC[Si](C)(O[Si](C)(C)O[Si](C)(C)C)O[Si](C)(COCC1CO1)O[Si](C)(C)C. The van der Waals surface area contributed by atoms with E-state index in [9.17, 15) is 0 Å². The highest BCUT2D eigenvalue weighted by Crippen LogP contribution is 2.27. The van der Waals surface area contributed by atoms with Gasteiger partial charge in [0.25, 0.3) is 0 Å². The lowest BCUT2D eigenvalue weighted by atomic mass is 10.5. The Kier molecular flexibility index (Phi) is 10.2. The van der Waals surface area contributed by atoms with Gasteiger partial charge in [0.15, 0.2) is 16.6 Å². The van der Waals surface area contributed by atoms with Crippen LogP contribution in [0.3, 0.4) is 0 Å². The summed E-state index contributed by atoms with van der Waals surface area (Å²) in [5.74, 6) is 0. The van der Waals surface area contributed by atoms with Crippen molar-refractivity contribution < 1.29 is 30.7 Å². The van der Waals surface area contributed by atoms with E-state index in [1.165, 1.54) is 0 Å². The Morgan fingerprint density at radius 1 is 0.724 bits per heavy atom. The highest BCUT2D eigenvalue weighted by molar-refractivity contribution is 6.90. The van der Waals surface area contributed by atoms with Gasteiger partial charge < -0.3 is 30.7 Å². The maximum absolute atomic E-state index is 6.75. The van der Waals surface area contributed by atoms with Crippen molar-refractivity contribution >= 4 is 42.3 Å². The van der Waals surface area contributed by atoms with Crippen molar-refractivity contribution in [2.24, 2.45) is 0 Å². The van der Waals surface area contributed by atoms with E-state index in [0.717, 1.165) is 6.61 Å². The van der Waals surface area contributed by atoms with E-state index >= 15 is 0 Å². The van der Waals surface area contributed by atoms with Crippen LogP contribution in [0.4, 0.5) is 0 Å². The molecule has 3 atom stereocenters. The van der Waals surface area contributed by atoms with E-state index in [1.807, 2.05) is 6.55 Å². The smallest absolute Gasteiger partial charge is 0.344 e. The fourth-order valence-electron chi connectivity index (χ4n) is 3.33. The summed E-state index contributed by atoms with van der Waals surface area (Å²) in [7, 11) is -11.5. The third-order valence-corrected chi connectivity index (χ3v) is 20.7. The monoisotopic (exact) mass is 498 g/mol. The Morgan fingerprint density at radius 2 is 1.21 bits per heavy atom. The maximum atomic E-state index is 6.75. The van der Waals surface area contributed by atoms with Gasteiger partial charge in [-0.05, 0) is 72.4 Å². The fraction of sp³-hybridized carbons (Fsp3) is 0.941. The van der Waals surface area contributed by atoms with Gasteiger partial charge in [0, 0.05) is 6.61 Å². The van der Waals surface area contributed by atoms with Crippen LogP contribution >= 0.6 is 0 Å². The molecule has 1 fully saturated rings. The lowest BCUT2D eigenvalue weighted by Crippen LogP contribution is -2.63. The largest absolute Gasteiger partial charge is 0.437 e. The summed E-state index contributed by atoms with van der Waals surface area (Å²) in [5.41, 5.74) is 0. The van der Waals surface area contributed by atoms with Crippen molar-refractivity contribution in [2.45, 2.75) is 71.6 Å². The highest BCUT2D eigenvalue weighted by atomic mass is 28.5. The normalized spacial score (nSPS) is 22.2. The molecule has 0 spiro atoms. The molecule has 0 N–H and O–H groups in total. The molecule has 0 saturated carbocycles. The lowest BCUT2D eigenvalue weighted by molar-refractivity contribution is 0.121. The van der Waals surface area contributed by atoms with Crippen LogP contribution in [0.15, 0.2) is 0 Å². The first-order valence-electron chi connectivity index (χ1n) is 10.2. The van der Waals surface area contributed by atoms with Crippen molar-refractivity contribution in [2.75, 3.05) is 32.3 Å². The third kappa shape index (κ3) is 13.1. The predicted octanol–water partition coefficient (Wildman–Crippen LogP) is 3.79. The summed E-state index contributed by atoms with van der Waals surface area (Å²) >= 11 is 0. The first-order chi connectivity index (χ1) is 13.0. The molecular formula is C17H42O7Si5. The molecule has 1 aliphatic heterocycles. The minimum absolute atomic E-state index is 0.120. The van der Waals surface area contributed by atoms with Crippen LogP contribution in [0, 0.1) is 6.92 Å². The number of hydrogen-bond acceptors (Lipinski definition) is 7. The highest BCUT2D eigenvalue weighted by Gasteiger charge is 2.50. The third-order valence-electron chi connectivity index (χ3n) is 3.52. The average molecular weight is 499 g/mol. The van der Waals surface area contributed by atoms with Gasteiger partial charge >= 0.3 is 25.7 Å². The zero-order valence-electron chi connectivity index (χ0n) is 20.0.